The molecular weight excluding hydrogens is 327 g/mol. The van der Waals surface area contributed by atoms with Crippen molar-refractivity contribution in [2.45, 2.75) is 52.1 Å². The van der Waals surface area contributed by atoms with E-state index in [0.717, 1.165) is 28.1 Å². The summed E-state index contributed by atoms with van der Waals surface area (Å²) in [6, 6.07) is 3.51. The molecule has 6 heteroatoms. The normalized spacial score (nSPS) is 16.6. The monoisotopic (exact) mass is 350 g/mol. The standard InChI is InChI=1S/C18H23FN2O2S/c1-11-9-13(19)15-14(10-11)24-16(20-15)12-5-7-21(8-6-12)17(22)23-18(2,3)4/h9-10,12H,5-8H2,1-4H3. The van der Waals surface area contributed by atoms with E-state index in [1.807, 2.05) is 33.8 Å². The van der Waals surface area contributed by atoms with Crippen LogP contribution in [-0.4, -0.2) is 34.7 Å². The SMILES string of the molecule is Cc1cc(F)c2nc(C3CCN(C(=O)OC(C)(C)C)CC3)sc2c1. The fourth-order valence-corrected chi connectivity index (χ4v) is 4.19. The van der Waals surface area contributed by atoms with E-state index in [2.05, 4.69) is 4.98 Å². The molecule has 1 aliphatic heterocycles. The van der Waals surface area contributed by atoms with Gasteiger partial charge in [-0.25, -0.2) is 14.2 Å². The van der Waals surface area contributed by atoms with Crippen LogP contribution in [0.4, 0.5) is 9.18 Å². The van der Waals surface area contributed by atoms with Crippen molar-refractivity contribution in [2.75, 3.05) is 13.1 Å². The number of benzene rings is 1. The van der Waals surface area contributed by atoms with Crippen molar-refractivity contribution in [3.05, 3.63) is 28.5 Å². The molecule has 0 atom stereocenters. The van der Waals surface area contributed by atoms with Crippen LogP contribution in [-0.2, 0) is 4.74 Å². The Hall–Kier alpha value is -1.69. The number of likely N-dealkylation sites (tertiary alicyclic amines) is 1. The molecule has 0 N–H and O–H groups in total. The predicted octanol–water partition coefficient (Wildman–Crippen LogP) is 4.86. The number of piperidine rings is 1. The molecule has 0 aliphatic carbocycles. The molecular formula is C18H23FN2O2S. The van der Waals surface area contributed by atoms with Crippen LogP contribution >= 0.6 is 11.3 Å². The summed E-state index contributed by atoms with van der Waals surface area (Å²) in [6.45, 7) is 8.80. The third kappa shape index (κ3) is 3.69. The van der Waals surface area contributed by atoms with Crippen molar-refractivity contribution < 1.29 is 13.9 Å². The van der Waals surface area contributed by atoms with Crippen LogP contribution in [0.15, 0.2) is 12.1 Å². The highest BCUT2D eigenvalue weighted by Gasteiger charge is 2.29. The Morgan fingerprint density at radius 3 is 2.62 bits per heavy atom. The first-order valence-corrected chi connectivity index (χ1v) is 9.09. The summed E-state index contributed by atoms with van der Waals surface area (Å²) >= 11 is 1.57. The van der Waals surface area contributed by atoms with Gasteiger partial charge in [-0.15, -0.1) is 11.3 Å². The lowest BCUT2D eigenvalue weighted by Crippen LogP contribution is -2.41. The van der Waals surface area contributed by atoms with E-state index in [-0.39, 0.29) is 17.8 Å². The number of nitrogens with zero attached hydrogens (tertiary/aromatic N) is 2. The molecule has 1 aliphatic rings. The van der Waals surface area contributed by atoms with E-state index in [1.54, 1.807) is 16.2 Å². The molecule has 130 valence electrons. The van der Waals surface area contributed by atoms with Crippen LogP contribution < -0.4 is 0 Å². The van der Waals surface area contributed by atoms with Crippen LogP contribution in [0.25, 0.3) is 10.2 Å². The van der Waals surface area contributed by atoms with Gasteiger partial charge in [-0.3, -0.25) is 0 Å². The van der Waals surface area contributed by atoms with E-state index in [9.17, 15) is 9.18 Å². The van der Waals surface area contributed by atoms with Gasteiger partial charge in [0.25, 0.3) is 0 Å². The second kappa shape index (κ2) is 6.31. The van der Waals surface area contributed by atoms with Crippen molar-refractivity contribution >= 4 is 27.6 Å². The van der Waals surface area contributed by atoms with Crippen LogP contribution in [0.5, 0.6) is 0 Å². The molecule has 3 rings (SSSR count). The zero-order valence-corrected chi connectivity index (χ0v) is 15.4. The number of hydrogen-bond donors (Lipinski definition) is 0. The predicted molar refractivity (Wildman–Crippen MR) is 94.1 cm³/mol. The van der Waals surface area contributed by atoms with Crippen LogP contribution in [0.2, 0.25) is 0 Å². The first-order valence-electron chi connectivity index (χ1n) is 8.27. The molecule has 1 aromatic heterocycles. The zero-order chi connectivity index (χ0) is 17.5. The van der Waals surface area contributed by atoms with Gasteiger partial charge >= 0.3 is 6.09 Å². The molecule has 0 radical (unpaired) electrons. The Morgan fingerprint density at radius 2 is 2.00 bits per heavy atom. The smallest absolute Gasteiger partial charge is 0.410 e. The molecule has 1 aromatic carbocycles. The topological polar surface area (TPSA) is 42.4 Å². The highest BCUT2D eigenvalue weighted by atomic mass is 32.1. The molecule has 1 fully saturated rings. The van der Waals surface area contributed by atoms with Crippen LogP contribution in [0.1, 0.15) is 50.1 Å². The Labute approximate surface area is 145 Å². The number of hydrogen-bond acceptors (Lipinski definition) is 4. The Bertz CT molecular complexity index is 758. The lowest BCUT2D eigenvalue weighted by molar-refractivity contribution is 0.0205. The number of amides is 1. The number of carbonyl (C=O) groups is 1. The second-order valence-corrected chi connectivity index (χ2v) is 8.45. The summed E-state index contributed by atoms with van der Waals surface area (Å²) in [5.41, 5.74) is 0.904. The average molecular weight is 350 g/mol. The summed E-state index contributed by atoms with van der Waals surface area (Å²) in [4.78, 5) is 18.4. The largest absolute Gasteiger partial charge is 0.444 e. The number of aryl methyl sites for hydroxylation is 1. The van der Waals surface area contributed by atoms with Crippen molar-refractivity contribution in [3.63, 3.8) is 0 Å². The molecule has 2 aromatic rings. The maximum Gasteiger partial charge on any atom is 0.410 e. The molecule has 0 bridgehead atoms. The van der Waals surface area contributed by atoms with Gasteiger partial charge in [0, 0.05) is 19.0 Å². The minimum absolute atomic E-state index is 0.251. The first-order chi connectivity index (χ1) is 11.2. The third-order valence-corrected chi connectivity index (χ3v) is 5.27. The fourth-order valence-electron chi connectivity index (χ4n) is 2.94. The highest BCUT2D eigenvalue weighted by molar-refractivity contribution is 7.18. The van der Waals surface area contributed by atoms with Gasteiger partial charge in [0.15, 0.2) is 5.82 Å². The maximum atomic E-state index is 14.0. The van der Waals surface area contributed by atoms with Gasteiger partial charge in [0.2, 0.25) is 0 Å². The van der Waals surface area contributed by atoms with E-state index >= 15 is 0 Å². The minimum Gasteiger partial charge on any atom is -0.444 e. The maximum absolute atomic E-state index is 14.0. The number of thiazole rings is 1. The van der Waals surface area contributed by atoms with Gasteiger partial charge < -0.3 is 9.64 Å². The van der Waals surface area contributed by atoms with Crippen molar-refractivity contribution in [3.8, 4) is 0 Å². The number of ether oxygens (including phenoxy) is 1. The number of aromatic nitrogens is 1. The molecule has 24 heavy (non-hydrogen) atoms. The molecule has 0 spiro atoms. The van der Waals surface area contributed by atoms with Gasteiger partial charge in [-0.1, -0.05) is 0 Å². The van der Waals surface area contributed by atoms with Crippen molar-refractivity contribution in [2.24, 2.45) is 0 Å². The fraction of sp³-hybridized carbons (Fsp3) is 0.556. The number of fused-ring (bicyclic) bond motifs is 1. The quantitative estimate of drug-likeness (QED) is 0.738. The Morgan fingerprint density at radius 1 is 1.33 bits per heavy atom. The number of halogens is 1. The third-order valence-electron chi connectivity index (χ3n) is 4.11. The van der Waals surface area contributed by atoms with Gasteiger partial charge in [0.05, 0.1) is 9.71 Å². The number of rotatable bonds is 1. The zero-order valence-electron chi connectivity index (χ0n) is 14.6. The summed E-state index contributed by atoms with van der Waals surface area (Å²) < 4.78 is 20.3. The van der Waals surface area contributed by atoms with E-state index in [4.69, 9.17) is 4.74 Å². The number of carbonyl (C=O) groups excluding carboxylic acids is 1. The molecule has 2 heterocycles. The molecule has 1 amide bonds. The highest BCUT2D eigenvalue weighted by Crippen LogP contribution is 2.35. The average Bonchev–Trinajstić information content (AvgIpc) is 2.90. The Balaban J connectivity index is 1.69. The van der Waals surface area contributed by atoms with Crippen molar-refractivity contribution in [1.82, 2.24) is 9.88 Å². The van der Waals surface area contributed by atoms with Gasteiger partial charge in [-0.2, -0.15) is 0 Å². The molecule has 1 saturated heterocycles. The van der Waals surface area contributed by atoms with E-state index in [1.165, 1.54) is 6.07 Å². The van der Waals surface area contributed by atoms with Crippen molar-refractivity contribution in [1.29, 1.82) is 0 Å². The summed E-state index contributed by atoms with van der Waals surface area (Å²) in [5.74, 6) is 0.0273. The molecule has 0 unspecified atom stereocenters. The molecule has 4 nitrogen and oxygen atoms in total. The first kappa shape index (κ1) is 17.1. The summed E-state index contributed by atoms with van der Waals surface area (Å²) in [6.07, 6.45) is 1.41. The summed E-state index contributed by atoms with van der Waals surface area (Å²) in [7, 11) is 0. The molecule has 0 saturated carbocycles. The minimum atomic E-state index is -0.476. The van der Waals surface area contributed by atoms with Gasteiger partial charge in [0.1, 0.15) is 11.1 Å². The van der Waals surface area contributed by atoms with Crippen LogP contribution in [0.3, 0.4) is 0 Å². The lowest BCUT2D eigenvalue weighted by Gasteiger charge is -2.32. The van der Waals surface area contributed by atoms with Crippen LogP contribution in [0, 0.1) is 12.7 Å². The Kier molecular flexibility index (Phi) is 4.51. The second-order valence-electron chi connectivity index (χ2n) is 7.39. The van der Waals surface area contributed by atoms with E-state index in [0.29, 0.717) is 18.6 Å². The van der Waals surface area contributed by atoms with E-state index < -0.39 is 5.60 Å². The van der Waals surface area contributed by atoms with Gasteiger partial charge in [-0.05, 0) is 58.2 Å². The summed E-state index contributed by atoms with van der Waals surface area (Å²) in [5, 5.41) is 0.971. The lowest BCUT2D eigenvalue weighted by atomic mass is 9.98.